The van der Waals surface area contributed by atoms with Crippen molar-refractivity contribution >= 4 is 23.1 Å². The van der Waals surface area contributed by atoms with Crippen LogP contribution in [0.15, 0.2) is 59.7 Å². The second-order valence-electron chi connectivity index (χ2n) is 8.75. The van der Waals surface area contributed by atoms with Gasteiger partial charge in [0.2, 0.25) is 5.91 Å². The number of nitrogens with one attached hydrogen (secondary N) is 1. The van der Waals surface area contributed by atoms with Gasteiger partial charge in [0.15, 0.2) is 0 Å². The molecule has 2 aliphatic rings. The number of benzene rings is 2. The van der Waals surface area contributed by atoms with Crippen molar-refractivity contribution in [2.24, 2.45) is 10.9 Å². The average Bonchev–Trinajstić information content (AvgIpc) is 3.32. The number of rotatable bonds is 6. The van der Waals surface area contributed by atoms with Crippen molar-refractivity contribution < 1.29 is 13.9 Å². The van der Waals surface area contributed by atoms with Crippen LogP contribution in [0.2, 0.25) is 0 Å². The van der Waals surface area contributed by atoms with E-state index in [0.717, 1.165) is 30.1 Å². The maximum atomic E-state index is 13.5. The van der Waals surface area contributed by atoms with Crippen molar-refractivity contribution in [1.29, 1.82) is 0 Å². The number of aryl methyl sites for hydroxylation is 1. The van der Waals surface area contributed by atoms with E-state index in [0.29, 0.717) is 44.3 Å². The molecule has 0 radical (unpaired) electrons. The Morgan fingerprint density at radius 1 is 1.18 bits per heavy atom. The molecule has 1 atom stereocenters. The van der Waals surface area contributed by atoms with Crippen LogP contribution in [-0.2, 0) is 9.53 Å². The Labute approximate surface area is 194 Å². The lowest BCUT2D eigenvalue weighted by Crippen LogP contribution is -2.51. The van der Waals surface area contributed by atoms with Gasteiger partial charge in [-0.25, -0.2) is 9.38 Å². The number of hydrogen-bond acceptors (Lipinski definition) is 4. The van der Waals surface area contributed by atoms with E-state index in [-0.39, 0.29) is 11.7 Å². The van der Waals surface area contributed by atoms with E-state index >= 15 is 0 Å². The summed E-state index contributed by atoms with van der Waals surface area (Å²) in [5.41, 5.74) is 3.59. The first-order valence-corrected chi connectivity index (χ1v) is 11.4. The number of carbonyl (C=O) groups excluding carboxylic acids is 1. The molecule has 2 aliphatic heterocycles. The molecule has 0 saturated carbocycles. The highest BCUT2D eigenvalue weighted by molar-refractivity contribution is 5.93. The van der Waals surface area contributed by atoms with Gasteiger partial charge in [0.1, 0.15) is 11.7 Å². The molecule has 1 amide bonds. The zero-order valence-corrected chi connectivity index (χ0v) is 19.3. The average molecular weight is 451 g/mol. The summed E-state index contributed by atoms with van der Waals surface area (Å²) in [7, 11) is 1.99. The van der Waals surface area contributed by atoms with Crippen molar-refractivity contribution in [1.82, 2.24) is 9.80 Å². The molecule has 1 unspecified atom stereocenters. The highest BCUT2D eigenvalue weighted by Crippen LogP contribution is 2.21. The van der Waals surface area contributed by atoms with Crippen LogP contribution in [0.25, 0.3) is 5.70 Å². The monoisotopic (exact) mass is 450 g/mol. The minimum absolute atomic E-state index is 0.149. The first kappa shape index (κ1) is 23.0. The first-order chi connectivity index (χ1) is 16.0. The number of likely N-dealkylation sites (N-methyl/N-ethyl adjacent to an activating group) is 1. The van der Waals surface area contributed by atoms with Crippen LogP contribution < -0.4 is 5.32 Å². The predicted molar refractivity (Wildman–Crippen MR) is 129 cm³/mol. The van der Waals surface area contributed by atoms with Gasteiger partial charge in [-0.15, -0.1) is 0 Å². The number of anilines is 1. The van der Waals surface area contributed by atoms with Gasteiger partial charge < -0.3 is 19.9 Å². The first-order valence-electron chi connectivity index (χ1n) is 11.4. The Kier molecular flexibility index (Phi) is 7.40. The fourth-order valence-electron chi connectivity index (χ4n) is 3.97. The van der Waals surface area contributed by atoms with Gasteiger partial charge >= 0.3 is 0 Å². The van der Waals surface area contributed by atoms with E-state index in [2.05, 4.69) is 10.2 Å². The van der Waals surface area contributed by atoms with Crippen molar-refractivity contribution in [3.05, 3.63) is 71.7 Å². The molecule has 1 N–H and O–H groups in total. The molecule has 2 fully saturated rings. The topological polar surface area (TPSA) is 57.2 Å². The van der Waals surface area contributed by atoms with Gasteiger partial charge in [-0.1, -0.05) is 17.7 Å². The van der Waals surface area contributed by atoms with Crippen LogP contribution in [0, 0.1) is 18.7 Å². The number of aliphatic imine (C=N–C) groups is 1. The number of hydrogen-bond donors (Lipinski definition) is 1. The molecule has 0 bridgehead atoms. The SMILES string of the molecule is Cc1ccc(N/C=C(/N=C2CN(C(=O)CC3CCOC3)CCN2C)c2ccc(F)cc2)cc1. The second kappa shape index (κ2) is 10.6. The highest BCUT2D eigenvalue weighted by atomic mass is 19.1. The maximum absolute atomic E-state index is 13.5. The fourth-order valence-corrected chi connectivity index (χ4v) is 3.97. The van der Waals surface area contributed by atoms with Crippen LogP contribution in [0.4, 0.5) is 10.1 Å². The zero-order valence-electron chi connectivity index (χ0n) is 19.3. The number of amides is 1. The molecule has 2 heterocycles. The summed E-state index contributed by atoms with van der Waals surface area (Å²) in [6, 6.07) is 14.4. The normalized spacial score (nSPS) is 20.4. The van der Waals surface area contributed by atoms with Gasteiger partial charge in [-0.2, -0.15) is 0 Å². The van der Waals surface area contributed by atoms with E-state index < -0.39 is 0 Å². The van der Waals surface area contributed by atoms with E-state index in [1.165, 1.54) is 17.7 Å². The molecule has 33 heavy (non-hydrogen) atoms. The third-order valence-electron chi connectivity index (χ3n) is 6.13. The Bertz CT molecular complexity index is 1010. The predicted octanol–water partition coefficient (Wildman–Crippen LogP) is 4.14. The van der Waals surface area contributed by atoms with Gasteiger partial charge in [-0.05, 0) is 55.7 Å². The second-order valence-corrected chi connectivity index (χ2v) is 8.75. The quantitative estimate of drug-likeness (QED) is 0.719. The minimum atomic E-state index is -0.292. The molecule has 0 aromatic heterocycles. The van der Waals surface area contributed by atoms with Crippen molar-refractivity contribution in [3.8, 4) is 0 Å². The standard InChI is InChI=1S/C26H31FN4O2/c1-19-3-9-23(10-4-19)28-16-24(21-5-7-22(27)8-6-21)29-25-17-31(13-12-30(25)2)26(32)15-20-11-14-33-18-20/h3-10,16,20,28H,11-15,17-18H2,1-2H3/b24-16+,29-25?. The Balaban J connectivity index is 1.55. The molecule has 2 aromatic rings. The van der Waals surface area contributed by atoms with Crippen LogP contribution in [0.1, 0.15) is 24.0 Å². The number of halogens is 1. The number of carbonyl (C=O) groups is 1. The number of piperazine rings is 1. The number of nitrogens with zero attached hydrogens (tertiary/aromatic N) is 3. The van der Waals surface area contributed by atoms with Gasteiger partial charge in [0.05, 0.1) is 12.2 Å². The minimum Gasteiger partial charge on any atom is -0.381 e. The lowest BCUT2D eigenvalue weighted by Gasteiger charge is -2.35. The van der Waals surface area contributed by atoms with Crippen molar-refractivity contribution in [3.63, 3.8) is 0 Å². The lowest BCUT2D eigenvalue weighted by molar-refractivity contribution is -0.132. The molecule has 0 spiro atoms. The number of ether oxygens (including phenoxy) is 1. The molecule has 2 aromatic carbocycles. The Morgan fingerprint density at radius 3 is 2.64 bits per heavy atom. The summed E-state index contributed by atoms with van der Waals surface area (Å²) in [4.78, 5) is 21.7. The summed E-state index contributed by atoms with van der Waals surface area (Å²) in [5, 5.41) is 3.30. The smallest absolute Gasteiger partial charge is 0.223 e. The summed E-state index contributed by atoms with van der Waals surface area (Å²) in [6.07, 6.45) is 3.30. The van der Waals surface area contributed by atoms with E-state index in [1.54, 1.807) is 12.1 Å². The highest BCUT2D eigenvalue weighted by Gasteiger charge is 2.27. The Hall–Kier alpha value is -3.19. The van der Waals surface area contributed by atoms with Gasteiger partial charge in [0, 0.05) is 57.2 Å². The summed E-state index contributed by atoms with van der Waals surface area (Å²) >= 11 is 0. The largest absolute Gasteiger partial charge is 0.381 e. The van der Waals surface area contributed by atoms with Crippen molar-refractivity contribution in [2.45, 2.75) is 19.8 Å². The van der Waals surface area contributed by atoms with Gasteiger partial charge in [-0.3, -0.25) is 4.79 Å². The summed E-state index contributed by atoms with van der Waals surface area (Å²) in [5.74, 6) is 0.973. The lowest BCUT2D eigenvalue weighted by atomic mass is 10.0. The molecular weight excluding hydrogens is 419 g/mol. The molecule has 7 heteroatoms. The molecular formula is C26H31FN4O2. The van der Waals surface area contributed by atoms with Gasteiger partial charge in [0.25, 0.3) is 0 Å². The maximum Gasteiger partial charge on any atom is 0.223 e. The van der Waals surface area contributed by atoms with E-state index in [9.17, 15) is 9.18 Å². The summed E-state index contributed by atoms with van der Waals surface area (Å²) < 4.78 is 19.0. The van der Waals surface area contributed by atoms with E-state index in [1.807, 2.05) is 49.3 Å². The molecule has 174 valence electrons. The number of amidine groups is 1. The molecule has 6 nitrogen and oxygen atoms in total. The van der Waals surface area contributed by atoms with Crippen LogP contribution in [0.5, 0.6) is 0 Å². The van der Waals surface area contributed by atoms with Crippen LogP contribution in [0.3, 0.4) is 0 Å². The fraction of sp³-hybridized carbons (Fsp3) is 0.385. The summed E-state index contributed by atoms with van der Waals surface area (Å²) in [6.45, 7) is 5.30. The van der Waals surface area contributed by atoms with Crippen LogP contribution in [-0.4, -0.2) is 61.4 Å². The van der Waals surface area contributed by atoms with Crippen molar-refractivity contribution in [2.75, 3.05) is 45.2 Å². The third-order valence-corrected chi connectivity index (χ3v) is 6.13. The Morgan fingerprint density at radius 2 is 1.94 bits per heavy atom. The molecule has 4 rings (SSSR count). The molecule has 2 saturated heterocycles. The third kappa shape index (κ3) is 6.20. The van der Waals surface area contributed by atoms with Crippen LogP contribution >= 0.6 is 0 Å². The van der Waals surface area contributed by atoms with E-state index in [4.69, 9.17) is 9.73 Å². The zero-order chi connectivity index (χ0) is 23.2. The molecule has 0 aliphatic carbocycles.